The van der Waals surface area contributed by atoms with Crippen LogP contribution in [-0.4, -0.2) is 12.3 Å². The van der Waals surface area contributed by atoms with Gasteiger partial charge < -0.3 is 9.26 Å². The molecule has 0 saturated carbocycles. The van der Waals surface area contributed by atoms with Crippen LogP contribution in [0.15, 0.2) is 53.1 Å². The summed E-state index contributed by atoms with van der Waals surface area (Å²) in [5, 5.41) is 4.76. The maximum absolute atomic E-state index is 6.18. The van der Waals surface area contributed by atoms with E-state index < -0.39 is 0 Å². The third-order valence-corrected chi connectivity index (χ3v) is 3.67. The van der Waals surface area contributed by atoms with Crippen LogP contribution in [0.1, 0.15) is 5.56 Å². The number of benzene rings is 2. The molecule has 21 heavy (non-hydrogen) atoms. The van der Waals surface area contributed by atoms with E-state index in [-0.39, 0.29) is 0 Å². The predicted octanol–water partition coefficient (Wildman–Crippen LogP) is 4.98. The van der Waals surface area contributed by atoms with Gasteiger partial charge in [-0.1, -0.05) is 35.0 Å². The van der Waals surface area contributed by atoms with Crippen molar-refractivity contribution in [3.8, 4) is 28.3 Å². The van der Waals surface area contributed by atoms with Gasteiger partial charge in [-0.15, -0.1) is 0 Å². The first kappa shape index (κ1) is 13.7. The summed E-state index contributed by atoms with van der Waals surface area (Å²) < 4.78 is 10.7. The summed E-state index contributed by atoms with van der Waals surface area (Å²) in [6.45, 7) is 1.99. The van der Waals surface area contributed by atoms with Crippen molar-refractivity contribution in [2.45, 2.75) is 6.92 Å². The van der Waals surface area contributed by atoms with Gasteiger partial charge in [-0.3, -0.25) is 0 Å². The molecule has 3 aromatic rings. The molecule has 0 aliphatic carbocycles. The van der Waals surface area contributed by atoms with E-state index in [9.17, 15) is 0 Å². The van der Waals surface area contributed by atoms with Gasteiger partial charge in [0.25, 0.3) is 0 Å². The first-order chi connectivity index (χ1) is 10.2. The fraction of sp³-hybridized carbons (Fsp3) is 0.118. The highest BCUT2D eigenvalue weighted by atomic mass is 35.5. The smallest absolute Gasteiger partial charge is 0.167 e. The third-order valence-electron chi connectivity index (χ3n) is 3.34. The molecule has 3 rings (SSSR count). The fourth-order valence-electron chi connectivity index (χ4n) is 2.24. The summed E-state index contributed by atoms with van der Waals surface area (Å²) in [6.07, 6.45) is 0. The van der Waals surface area contributed by atoms with Crippen molar-refractivity contribution in [2.24, 2.45) is 0 Å². The molecule has 0 amide bonds. The summed E-state index contributed by atoms with van der Waals surface area (Å²) in [4.78, 5) is 0. The zero-order valence-corrected chi connectivity index (χ0v) is 12.5. The van der Waals surface area contributed by atoms with Gasteiger partial charge in [-0.25, -0.2) is 0 Å². The lowest BCUT2D eigenvalue weighted by Gasteiger charge is -2.04. The molecule has 1 aromatic heterocycles. The van der Waals surface area contributed by atoms with Crippen LogP contribution < -0.4 is 4.74 Å². The van der Waals surface area contributed by atoms with Crippen LogP contribution in [0, 0.1) is 6.92 Å². The normalized spacial score (nSPS) is 10.6. The van der Waals surface area contributed by atoms with Crippen LogP contribution in [0.2, 0.25) is 5.02 Å². The molecule has 0 fully saturated rings. The number of aryl methyl sites for hydroxylation is 1. The van der Waals surface area contributed by atoms with E-state index >= 15 is 0 Å². The Bertz CT molecular complexity index is 780. The zero-order chi connectivity index (χ0) is 14.8. The summed E-state index contributed by atoms with van der Waals surface area (Å²) in [5.41, 5.74) is 3.59. The summed E-state index contributed by atoms with van der Waals surface area (Å²) in [5.74, 6) is 1.56. The minimum absolute atomic E-state index is 0.656. The Kier molecular flexibility index (Phi) is 3.67. The lowest BCUT2D eigenvalue weighted by Crippen LogP contribution is -1.87. The van der Waals surface area contributed by atoms with Gasteiger partial charge in [0.15, 0.2) is 5.76 Å². The molecule has 0 saturated heterocycles. The number of ether oxygens (including phenoxy) is 1. The van der Waals surface area contributed by atoms with Crippen molar-refractivity contribution in [3.05, 3.63) is 59.1 Å². The van der Waals surface area contributed by atoms with E-state index in [0.717, 1.165) is 28.1 Å². The van der Waals surface area contributed by atoms with Gasteiger partial charge in [-0.2, -0.15) is 0 Å². The number of hydrogen-bond acceptors (Lipinski definition) is 3. The van der Waals surface area contributed by atoms with Crippen molar-refractivity contribution >= 4 is 11.6 Å². The average Bonchev–Trinajstić information content (AvgIpc) is 2.97. The quantitative estimate of drug-likeness (QED) is 0.684. The van der Waals surface area contributed by atoms with Crippen molar-refractivity contribution in [2.75, 3.05) is 7.11 Å². The number of rotatable bonds is 3. The summed E-state index contributed by atoms with van der Waals surface area (Å²) >= 11 is 6.18. The highest BCUT2D eigenvalue weighted by Gasteiger charge is 2.11. The molecule has 0 atom stereocenters. The van der Waals surface area contributed by atoms with E-state index in [1.807, 2.05) is 55.5 Å². The number of aromatic nitrogens is 1. The Morgan fingerprint density at radius 3 is 2.62 bits per heavy atom. The van der Waals surface area contributed by atoms with Crippen LogP contribution in [0.25, 0.3) is 22.6 Å². The van der Waals surface area contributed by atoms with Gasteiger partial charge in [0.2, 0.25) is 0 Å². The first-order valence-corrected chi connectivity index (χ1v) is 6.93. The first-order valence-electron chi connectivity index (χ1n) is 6.55. The summed E-state index contributed by atoms with van der Waals surface area (Å²) in [7, 11) is 1.66. The fourth-order valence-corrected chi connectivity index (χ4v) is 2.47. The average molecular weight is 300 g/mol. The van der Waals surface area contributed by atoms with Gasteiger partial charge in [0, 0.05) is 17.2 Å². The Morgan fingerprint density at radius 1 is 1.10 bits per heavy atom. The molecule has 106 valence electrons. The molecular weight excluding hydrogens is 286 g/mol. The van der Waals surface area contributed by atoms with Crippen LogP contribution in [0.3, 0.4) is 0 Å². The molecule has 3 nitrogen and oxygen atoms in total. The molecule has 0 unspecified atom stereocenters. The lowest BCUT2D eigenvalue weighted by atomic mass is 10.1. The topological polar surface area (TPSA) is 35.3 Å². The number of methoxy groups -OCH3 is 1. The SMILES string of the molecule is COc1ccc(-c2cc(-c3ccccc3Cl)no2)cc1C. The van der Waals surface area contributed by atoms with Crippen LogP contribution in [-0.2, 0) is 0 Å². The molecule has 0 aliphatic rings. The molecule has 0 radical (unpaired) electrons. The molecule has 2 aromatic carbocycles. The number of halogens is 1. The minimum Gasteiger partial charge on any atom is -0.496 e. The number of hydrogen-bond donors (Lipinski definition) is 0. The monoisotopic (exact) mass is 299 g/mol. The van der Waals surface area contributed by atoms with E-state index in [1.54, 1.807) is 7.11 Å². The van der Waals surface area contributed by atoms with E-state index in [4.69, 9.17) is 20.9 Å². The summed E-state index contributed by atoms with van der Waals surface area (Å²) in [6, 6.07) is 15.3. The molecule has 0 bridgehead atoms. The molecule has 0 N–H and O–H groups in total. The predicted molar refractivity (Wildman–Crippen MR) is 83.7 cm³/mol. The standard InChI is InChI=1S/C17H14ClNO2/c1-11-9-12(7-8-16(11)20-2)17-10-15(19-21-17)13-5-3-4-6-14(13)18/h3-10H,1-2H3. The zero-order valence-electron chi connectivity index (χ0n) is 11.8. The Hall–Kier alpha value is -2.26. The molecule has 1 heterocycles. The maximum Gasteiger partial charge on any atom is 0.167 e. The van der Waals surface area contributed by atoms with Crippen molar-refractivity contribution in [3.63, 3.8) is 0 Å². The number of nitrogens with zero attached hydrogens (tertiary/aromatic N) is 1. The van der Waals surface area contributed by atoms with Crippen molar-refractivity contribution < 1.29 is 9.26 Å². The third kappa shape index (κ3) is 2.65. The van der Waals surface area contributed by atoms with Crippen LogP contribution in [0.5, 0.6) is 5.75 Å². The second-order valence-electron chi connectivity index (χ2n) is 4.74. The highest BCUT2D eigenvalue weighted by Crippen LogP contribution is 2.31. The van der Waals surface area contributed by atoms with Gasteiger partial charge in [0.05, 0.1) is 12.1 Å². The molecular formula is C17H14ClNO2. The molecule has 0 aliphatic heterocycles. The largest absolute Gasteiger partial charge is 0.496 e. The van der Waals surface area contributed by atoms with Gasteiger partial charge in [0.1, 0.15) is 11.4 Å². The minimum atomic E-state index is 0.656. The van der Waals surface area contributed by atoms with Gasteiger partial charge >= 0.3 is 0 Å². The second-order valence-corrected chi connectivity index (χ2v) is 5.15. The van der Waals surface area contributed by atoms with Crippen LogP contribution >= 0.6 is 11.6 Å². The second kappa shape index (κ2) is 5.62. The Labute approximate surface area is 128 Å². The Balaban J connectivity index is 1.99. The lowest BCUT2D eigenvalue weighted by molar-refractivity contribution is 0.411. The van der Waals surface area contributed by atoms with Crippen molar-refractivity contribution in [1.82, 2.24) is 5.16 Å². The Morgan fingerprint density at radius 2 is 1.90 bits per heavy atom. The van der Waals surface area contributed by atoms with Crippen molar-refractivity contribution in [1.29, 1.82) is 0 Å². The van der Waals surface area contributed by atoms with Gasteiger partial charge in [-0.05, 0) is 36.8 Å². The van der Waals surface area contributed by atoms with Crippen LogP contribution in [0.4, 0.5) is 0 Å². The molecule has 4 heteroatoms. The van der Waals surface area contributed by atoms with E-state index in [1.165, 1.54) is 0 Å². The maximum atomic E-state index is 6.18. The van der Waals surface area contributed by atoms with E-state index in [2.05, 4.69) is 5.16 Å². The highest BCUT2D eigenvalue weighted by molar-refractivity contribution is 6.33. The van der Waals surface area contributed by atoms with E-state index in [0.29, 0.717) is 10.8 Å². The molecule has 0 spiro atoms.